The fourth-order valence-electron chi connectivity index (χ4n) is 3.97. The van der Waals surface area contributed by atoms with E-state index in [1.165, 1.54) is 0 Å². The molecule has 3 heterocycles. The number of amides is 3. The maximum Gasteiger partial charge on any atom is 0.320 e. The zero-order valence-corrected chi connectivity index (χ0v) is 16.3. The van der Waals surface area contributed by atoms with Crippen LogP contribution in [0.25, 0.3) is 11.0 Å². The van der Waals surface area contributed by atoms with Crippen LogP contribution in [0.4, 0.5) is 4.79 Å². The first-order chi connectivity index (χ1) is 12.9. The highest BCUT2D eigenvalue weighted by Gasteiger charge is 2.36. The van der Waals surface area contributed by atoms with E-state index in [-0.39, 0.29) is 18.0 Å². The van der Waals surface area contributed by atoms with Crippen LogP contribution < -0.4 is 5.32 Å². The van der Waals surface area contributed by atoms with Crippen molar-refractivity contribution < 1.29 is 9.59 Å². The summed E-state index contributed by atoms with van der Waals surface area (Å²) in [4.78, 5) is 33.5. The summed E-state index contributed by atoms with van der Waals surface area (Å²) < 4.78 is 1.75. The largest absolute Gasteiger partial charge is 0.355 e. The van der Waals surface area contributed by atoms with Gasteiger partial charge in [-0.05, 0) is 31.7 Å². The number of carbonyl (C=O) groups is 2. The third-order valence-corrected chi connectivity index (χ3v) is 5.50. The zero-order chi connectivity index (χ0) is 19.3. The monoisotopic (exact) mass is 370 g/mol. The summed E-state index contributed by atoms with van der Waals surface area (Å²) in [5, 5.41) is 8.24. The second kappa shape index (κ2) is 6.51. The van der Waals surface area contributed by atoms with Crippen LogP contribution in [-0.2, 0) is 7.05 Å². The van der Waals surface area contributed by atoms with E-state index in [2.05, 4.69) is 5.32 Å². The molecule has 2 fully saturated rings. The first kappa shape index (κ1) is 17.8. The van der Waals surface area contributed by atoms with Gasteiger partial charge in [0, 0.05) is 46.3 Å². The van der Waals surface area contributed by atoms with Gasteiger partial charge in [-0.15, -0.1) is 0 Å². The van der Waals surface area contributed by atoms with Gasteiger partial charge >= 0.3 is 6.03 Å². The van der Waals surface area contributed by atoms with E-state index in [4.69, 9.17) is 10.1 Å². The molecule has 2 aromatic heterocycles. The lowest BCUT2D eigenvalue weighted by atomic mass is 10.0. The van der Waals surface area contributed by atoms with Crippen LogP contribution in [0.3, 0.4) is 0 Å². The maximum absolute atomic E-state index is 12.7. The van der Waals surface area contributed by atoms with Crippen molar-refractivity contribution in [2.45, 2.75) is 37.6 Å². The quantitative estimate of drug-likeness (QED) is 0.896. The average Bonchev–Trinajstić information content (AvgIpc) is 3.31. The lowest BCUT2D eigenvalue weighted by molar-refractivity contribution is 0.0964. The van der Waals surface area contributed by atoms with Crippen LogP contribution in [0.2, 0.25) is 0 Å². The second-order valence-corrected chi connectivity index (χ2v) is 7.68. The van der Waals surface area contributed by atoms with Crippen LogP contribution >= 0.6 is 0 Å². The van der Waals surface area contributed by atoms with Crippen molar-refractivity contribution in [3.05, 3.63) is 23.0 Å². The number of nitrogens with one attached hydrogen (secondary N) is 1. The Hall–Kier alpha value is -2.64. The number of aryl methyl sites for hydroxylation is 1. The molecule has 0 spiro atoms. The fourth-order valence-corrected chi connectivity index (χ4v) is 3.97. The minimum absolute atomic E-state index is 0.0274. The molecule has 1 saturated heterocycles. The average molecular weight is 370 g/mol. The molecule has 2 aromatic rings. The SMILES string of the molecule is CNC(=O)c1cc(C2CC2)nc2c1c(C1CCCN1C(=O)N(C)C)nn2C. The molecule has 0 aromatic carbocycles. The van der Waals surface area contributed by atoms with Gasteiger partial charge in [0.1, 0.15) is 0 Å². The van der Waals surface area contributed by atoms with E-state index < -0.39 is 0 Å². The normalized spacial score (nSPS) is 19.6. The minimum Gasteiger partial charge on any atom is -0.355 e. The molecular formula is C19H26N6O2. The molecule has 8 nitrogen and oxygen atoms in total. The molecule has 1 atom stereocenters. The molecule has 4 rings (SSSR count). The van der Waals surface area contributed by atoms with Crippen molar-refractivity contribution in [1.82, 2.24) is 29.9 Å². The molecule has 1 N–H and O–H groups in total. The van der Waals surface area contributed by atoms with Gasteiger partial charge in [0.2, 0.25) is 0 Å². The fraction of sp³-hybridized carbons (Fsp3) is 0.579. The lowest BCUT2D eigenvalue weighted by Gasteiger charge is -2.27. The number of hydrogen-bond donors (Lipinski definition) is 1. The van der Waals surface area contributed by atoms with Crippen molar-refractivity contribution in [2.75, 3.05) is 27.7 Å². The molecule has 8 heteroatoms. The number of fused-ring (bicyclic) bond motifs is 1. The summed E-state index contributed by atoms with van der Waals surface area (Å²) in [6, 6.07) is 1.75. The number of aromatic nitrogens is 3. The Morgan fingerprint density at radius 1 is 1.26 bits per heavy atom. The molecule has 3 amide bonds. The molecule has 144 valence electrons. The van der Waals surface area contributed by atoms with E-state index in [9.17, 15) is 9.59 Å². The molecule has 1 unspecified atom stereocenters. The van der Waals surface area contributed by atoms with Gasteiger partial charge in [-0.2, -0.15) is 5.10 Å². The molecule has 1 aliphatic carbocycles. The standard InChI is InChI=1S/C19H26N6O2/c1-20-18(26)12-10-13(11-7-8-11)21-17-15(12)16(22-24(17)4)14-6-5-9-25(14)19(27)23(2)3/h10-11,14H,5-9H2,1-4H3,(H,20,26). The number of hydrogen-bond acceptors (Lipinski definition) is 4. The Balaban J connectivity index is 1.88. The van der Waals surface area contributed by atoms with Gasteiger partial charge in [-0.3, -0.25) is 9.48 Å². The summed E-state index contributed by atoms with van der Waals surface area (Å²) >= 11 is 0. The Morgan fingerprint density at radius 3 is 2.63 bits per heavy atom. The highest BCUT2D eigenvalue weighted by molar-refractivity contribution is 6.06. The molecule has 0 bridgehead atoms. The smallest absolute Gasteiger partial charge is 0.320 e. The summed E-state index contributed by atoms with van der Waals surface area (Å²) in [6.07, 6.45) is 3.99. The van der Waals surface area contributed by atoms with Gasteiger partial charge < -0.3 is 15.1 Å². The summed E-state index contributed by atoms with van der Waals surface area (Å²) in [5.74, 6) is 0.302. The summed E-state index contributed by atoms with van der Waals surface area (Å²) in [6.45, 7) is 0.697. The van der Waals surface area contributed by atoms with E-state index in [0.717, 1.165) is 48.1 Å². The van der Waals surface area contributed by atoms with Gasteiger partial charge in [-0.25, -0.2) is 9.78 Å². The van der Waals surface area contributed by atoms with E-state index >= 15 is 0 Å². The van der Waals surface area contributed by atoms with Crippen molar-refractivity contribution in [2.24, 2.45) is 7.05 Å². The first-order valence-corrected chi connectivity index (χ1v) is 9.50. The number of pyridine rings is 1. The number of nitrogens with zero attached hydrogens (tertiary/aromatic N) is 5. The number of carbonyl (C=O) groups excluding carboxylic acids is 2. The molecule has 27 heavy (non-hydrogen) atoms. The van der Waals surface area contributed by atoms with Gasteiger partial charge in [0.05, 0.1) is 22.7 Å². The van der Waals surface area contributed by atoms with Gasteiger partial charge in [0.25, 0.3) is 5.91 Å². The van der Waals surface area contributed by atoms with Crippen molar-refractivity contribution in [3.8, 4) is 0 Å². The van der Waals surface area contributed by atoms with Crippen molar-refractivity contribution in [1.29, 1.82) is 0 Å². The maximum atomic E-state index is 12.7. The Morgan fingerprint density at radius 2 is 2.00 bits per heavy atom. The molecule has 2 aliphatic rings. The van der Waals surface area contributed by atoms with E-state index in [0.29, 0.717) is 18.0 Å². The zero-order valence-electron chi connectivity index (χ0n) is 16.3. The summed E-state index contributed by atoms with van der Waals surface area (Å²) in [5.41, 5.74) is 3.06. The highest BCUT2D eigenvalue weighted by Crippen LogP contribution is 2.42. The molecule has 0 radical (unpaired) electrons. The molecule has 1 saturated carbocycles. The van der Waals surface area contributed by atoms with E-state index in [1.54, 1.807) is 30.7 Å². The predicted molar refractivity (Wildman–Crippen MR) is 102 cm³/mol. The number of likely N-dealkylation sites (tertiary alicyclic amines) is 1. The van der Waals surface area contributed by atoms with Gasteiger partial charge in [0.15, 0.2) is 5.65 Å². The highest BCUT2D eigenvalue weighted by atomic mass is 16.2. The van der Waals surface area contributed by atoms with Crippen LogP contribution in [0.15, 0.2) is 6.07 Å². The minimum atomic E-state index is -0.138. The van der Waals surface area contributed by atoms with Crippen LogP contribution in [0, 0.1) is 0 Å². The van der Waals surface area contributed by atoms with Crippen LogP contribution in [-0.4, -0.2) is 64.2 Å². The van der Waals surface area contributed by atoms with Crippen molar-refractivity contribution in [3.63, 3.8) is 0 Å². The van der Waals surface area contributed by atoms with Crippen molar-refractivity contribution >= 4 is 23.0 Å². The number of urea groups is 1. The lowest BCUT2D eigenvalue weighted by Crippen LogP contribution is -2.38. The first-order valence-electron chi connectivity index (χ1n) is 9.50. The van der Waals surface area contributed by atoms with E-state index in [1.807, 2.05) is 18.0 Å². The topological polar surface area (TPSA) is 83.4 Å². The van der Waals surface area contributed by atoms with Crippen LogP contribution in [0.5, 0.6) is 0 Å². The Bertz CT molecular complexity index is 915. The molecule has 1 aliphatic heterocycles. The Labute approximate surface area is 158 Å². The third-order valence-electron chi connectivity index (χ3n) is 5.50. The Kier molecular flexibility index (Phi) is 4.28. The van der Waals surface area contributed by atoms with Gasteiger partial charge in [-0.1, -0.05) is 0 Å². The third kappa shape index (κ3) is 2.93. The summed E-state index contributed by atoms with van der Waals surface area (Å²) in [7, 11) is 7.01. The predicted octanol–water partition coefficient (Wildman–Crippen LogP) is 2.02. The number of rotatable bonds is 3. The second-order valence-electron chi connectivity index (χ2n) is 7.68. The van der Waals surface area contributed by atoms with Crippen LogP contribution in [0.1, 0.15) is 59.4 Å². The molecular weight excluding hydrogens is 344 g/mol.